The molecule has 2 amide bonds. The highest BCUT2D eigenvalue weighted by atomic mass is 32.2. The largest absolute Gasteiger partial charge is 0.324 e. The number of hydrogen-bond donors (Lipinski definition) is 2. The molecule has 138 valence electrons. The van der Waals surface area contributed by atoms with Crippen LogP contribution in [0.25, 0.3) is 10.2 Å². The maximum absolute atomic E-state index is 12.5. The quantitative estimate of drug-likeness (QED) is 0.702. The van der Waals surface area contributed by atoms with E-state index in [0.29, 0.717) is 10.2 Å². The minimum atomic E-state index is -0.555. The van der Waals surface area contributed by atoms with Gasteiger partial charge >= 0.3 is 0 Å². The number of nitrogens with zero attached hydrogens (tertiary/aromatic N) is 2. The van der Waals surface area contributed by atoms with Gasteiger partial charge in [0.05, 0.1) is 16.3 Å². The fourth-order valence-electron chi connectivity index (χ4n) is 2.80. The summed E-state index contributed by atoms with van der Waals surface area (Å²) in [6, 6.07) is 9.25. The van der Waals surface area contributed by atoms with Gasteiger partial charge in [0, 0.05) is 16.2 Å². The highest BCUT2D eigenvalue weighted by Crippen LogP contribution is 2.36. The van der Waals surface area contributed by atoms with Gasteiger partial charge in [-0.25, -0.2) is 9.66 Å². The van der Waals surface area contributed by atoms with E-state index in [1.54, 1.807) is 6.07 Å². The van der Waals surface area contributed by atoms with Crippen molar-refractivity contribution in [1.29, 1.82) is 0 Å². The normalized spacial score (nSPS) is 16.0. The predicted molar refractivity (Wildman–Crippen MR) is 107 cm³/mol. The Kier molecular flexibility index (Phi) is 4.71. The zero-order valence-corrected chi connectivity index (χ0v) is 16.0. The van der Waals surface area contributed by atoms with E-state index in [1.165, 1.54) is 29.4 Å². The third-order valence-electron chi connectivity index (χ3n) is 4.17. The predicted octanol–water partition coefficient (Wildman–Crippen LogP) is 2.59. The van der Waals surface area contributed by atoms with Gasteiger partial charge in [-0.05, 0) is 24.6 Å². The minimum absolute atomic E-state index is 0.0425. The van der Waals surface area contributed by atoms with Crippen molar-refractivity contribution < 1.29 is 9.59 Å². The van der Waals surface area contributed by atoms with E-state index in [2.05, 4.69) is 15.7 Å². The molecular weight excluding hydrogens is 384 g/mol. The van der Waals surface area contributed by atoms with Crippen molar-refractivity contribution in [2.75, 3.05) is 10.7 Å². The van der Waals surface area contributed by atoms with E-state index in [1.807, 2.05) is 31.2 Å². The van der Waals surface area contributed by atoms with E-state index in [9.17, 15) is 14.4 Å². The van der Waals surface area contributed by atoms with Crippen molar-refractivity contribution in [3.63, 3.8) is 0 Å². The van der Waals surface area contributed by atoms with Crippen molar-refractivity contribution in [3.8, 4) is 0 Å². The lowest BCUT2D eigenvalue weighted by atomic mass is 10.2. The summed E-state index contributed by atoms with van der Waals surface area (Å²) in [4.78, 5) is 44.0. The number of nitrogens with one attached hydrogen (secondary N) is 2. The fraction of sp³-hybridized carbons (Fsp3) is 0.222. The first-order valence-electron chi connectivity index (χ1n) is 8.41. The van der Waals surface area contributed by atoms with Crippen molar-refractivity contribution in [1.82, 2.24) is 9.66 Å². The van der Waals surface area contributed by atoms with E-state index in [-0.39, 0.29) is 17.9 Å². The van der Waals surface area contributed by atoms with Crippen LogP contribution in [0.1, 0.15) is 18.2 Å². The molecule has 0 aliphatic carbocycles. The number of carbonyl (C=O) groups is 2. The first-order valence-corrected chi connectivity index (χ1v) is 10.1. The Labute approximate surface area is 162 Å². The summed E-state index contributed by atoms with van der Waals surface area (Å²) in [6.07, 6.45) is 2.09. The molecule has 0 saturated heterocycles. The monoisotopic (exact) mass is 400 g/mol. The molecule has 1 aromatic carbocycles. The number of carbonyl (C=O) groups excluding carboxylic acids is 2. The van der Waals surface area contributed by atoms with Crippen LogP contribution in [-0.4, -0.2) is 26.7 Å². The second-order valence-electron chi connectivity index (χ2n) is 6.04. The zero-order chi connectivity index (χ0) is 19.0. The second-order valence-corrected chi connectivity index (χ2v) is 8.40. The number of para-hydroxylation sites is 1. The van der Waals surface area contributed by atoms with Gasteiger partial charge in [-0.2, -0.15) is 0 Å². The van der Waals surface area contributed by atoms with Crippen molar-refractivity contribution in [2.24, 2.45) is 0 Å². The molecule has 27 heavy (non-hydrogen) atoms. The van der Waals surface area contributed by atoms with Gasteiger partial charge in [0.2, 0.25) is 11.8 Å². The van der Waals surface area contributed by atoms with E-state index < -0.39 is 11.2 Å². The average Bonchev–Trinajstić information content (AvgIpc) is 3.09. The molecule has 0 spiro atoms. The van der Waals surface area contributed by atoms with Crippen LogP contribution in [-0.2, 0) is 16.0 Å². The summed E-state index contributed by atoms with van der Waals surface area (Å²) < 4.78 is 1.08. The van der Waals surface area contributed by atoms with Gasteiger partial charge in [-0.1, -0.05) is 19.1 Å². The molecular formula is C18H16N4O3S2. The number of thiophene rings is 1. The SMILES string of the molecule is CCc1cc2c(=O)n(NC(=O)C[C@H]3Sc4ccccc4NC3=O)cnc2s1. The molecule has 1 aliphatic heterocycles. The van der Waals surface area contributed by atoms with Crippen LogP contribution in [0.5, 0.6) is 0 Å². The van der Waals surface area contributed by atoms with Crippen LogP contribution in [0.4, 0.5) is 5.69 Å². The molecule has 1 aliphatic rings. The topological polar surface area (TPSA) is 93.1 Å². The number of fused-ring (bicyclic) bond motifs is 2. The second kappa shape index (κ2) is 7.16. The van der Waals surface area contributed by atoms with Crippen LogP contribution >= 0.6 is 23.1 Å². The van der Waals surface area contributed by atoms with Crippen molar-refractivity contribution >= 4 is 50.8 Å². The highest BCUT2D eigenvalue weighted by molar-refractivity contribution is 8.01. The van der Waals surface area contributed by atoms with Crippen LogP contribution in [0.2, 0.25) is 0 Å². The van der Waals surface area contributed by atoms with Crippen LogP contribution in [0.3, 0.4) is 0 Å². The summed E-state index contributed by atoms with van der Waals surface area (Å²) in [5.41, 5.74) is 2.96. The van der Waals surface area contributed by atoms with Gasteiger partial charge in [0.15, 0.2) is 0 Å². The molecule has 0 saturated carbocycles. The maximum Gasteiger partial charge on any atom is 0.280 e. The smallest absolute Gasteiger partial charge is 0.280 e. The Morgan fingerprint density at radius 3 is 2.96 bits per heavy atom. The first kappa shape index (κ1) is 17.7. The number of rotatable bonds is 4. The Bertz CT molecular complexity index is 1110. The fourth-order valence-corrected chi connectivity index (χ4v) is 4.84. The summed E-state index contributed by atoms with van der Waals surface area (Å²) in [5, 5.41) is 2.73. The van der Waals surface area contributed by atoms with Crippen molar-refractivity contribution in [2.45, 2.75) is 29.9 Å². The summed E-state index contributed by atoms with van der Waals surface area (Å²) >= 11 is 2.81. The third kappa shape index (κ3) is 3.47. The van der Waals surface area contributed by atoms with Gasteiger partial charge in [0.25, 0.3) is 5.56 Å². The van der Waals surface area contributed by atoms with Gasteiger partial charge in [0.1, 0.15) is 11.2 Å². The Morgan fingerprint density at radius 1 is 1.33 bits per heavy atom. The van der Waals surface area contributed by atoms with Gasteiger partial charge in [-0.15, -0.1) is 23.1 Å². The lowest BCUT2D eigenvalue weighted by Crippen LogP contribution is -2.37. The van der Waals surface area contributed by atoms with E-state index in [4.69, 9.17) is 0 Å². The van der Waals surface area contributed by atoms with Crippen LogP contribution in [0.15, 0.2) is 46.3 Å². The number of hydrogen-bond acceptors (Lipinski definition) is 6. The van der Waals surface area contributed by atoms with Gasteiger partial charge in [-0.3, -0.25) is 19.8 Å². The summed E-state index contributed by atoms with van der Waals surface area (Å²) in [7, 11) is 0. The number of aryl methyl sites for hydroxylation is 1. The molecule has 1 atom stereocenters. The number of amides is 2. The van der Waals surface area contributed by atoms with Gasteiger partial charge < -0.3 is 5.32 Å². The summed E-state index contributed by atoms with van der Waals surface area (Å²) in [6.45, 7) is 2.01. The Balaban J connectivity index is 1.50. The molecule has 2 aromatic heterocycles. The van der Waals surface area contributed by atoms with E-state index in [0.717, 1.165) is 26.6 Å². The molecule has 3 aromatic rings. The highest BCUT2D eigenvalue weighted by Gasteiger charge is 2.29. The molecule has 0 radical (unpaired) electrons. The van der Waals surface area contributed by atoms with E-state index >= 15 is 0 Å². The third-order valence-corrected chi connectivity index (χ3v) is 6.64. The molecule has 9 heteroatoms. The first-order chi connectivity index (χ1) is 13.0. The number of thioether (sulfide) groups is 1. The number of anilines is 1. The number of aromatic nitrogens is 2. The summed E-state index contributed by atoms with van der Waals surface area (Å²) in [5.74, 6) is -0.642. The lowest BCUT2D eigenvalue weighted by molar-refractivity contribution is -0.121. The molecule has 0 unspecified atom stereocenters. The lowest BCUT2D eigenvalue weighted by Gasteiger charge is -2.23. The van der Waals surface area contributed by atoms with Crippen LogP contribution < -0.4 is 16.3 Å². The standard InChI is InChI=1S/C18H16N4O3S2/c1-2-10-7-11-17(26-10)19-9-22(18(11)25)21-15(23)8-14-16(24)20-12-5-3-4-6-13(12)27-14/h3-7,9,14H,2,8H2,1H3,(H,20,24)(H,21,23)/t14-/m1/s1. The zero-order valence-electron chi connectivity index (χ0n) is 14.4. The molecule has 4 rings (SSSR count). The Hall–Kier alpha value is -2.65. The average molecular weight is 400 g/mol. The molecule has 2 N–H and O–H groups in total. The van der Waals surface area contributed by atoms with Crippen molar-refractivity contribution in [3.05, 3.63) is 51.9 Å². The minimum Gasteiger partial charge on any atom is -0.324 e. The maximum atomic E-state index is 12.5. The molecule has 0 bridgehead atoms. The molecule has 3 heterocycles. The Morgan fingerprint density at radius 2 is 2.15 bits per heavy atom. The van der Waals surface area contributed by atoms with Crippen LogP contribution in [0, 0.1) is 0 Å². The molecule has 7 nitrogen and oxygen atoms in total. The number of benzene rings is 1. The molecule has 0 fully saturated rings.